The van der Waals surface area contributed by atoms with E-state index in [1.165, 1.54) is 5.56 Å². The Kier molecular flexibility index (Phi) is 4.73. The van der Waals surface area contributed by atoms with E-state index in [-0.39, 0.29) is 0 Å². The fraction of sp³-hybridized carbons (Fsp3) is 0.455. The molecule has 1 aromatic carbocycles. The molecule has 0 atom stereocenters. The van der Waals surface area contributed by atoms with Crippen LogP contribution in [0.5, 0.6) is 0 Å². The second kappa shape index (κ2) is 5.59. The molecule has 0 aliphatic heterocycles. The van der Waals surface area contributed by atoms with Crippen molar-refractivity contribution in [2.75, 3.05) is 7.11 Å². The number of ether oxygens (including phenoxy) is 1. The number of hydrogen-bond donors (Lipinski definition) is 0. The first kappa shape index (κ1) is 11.8. The van der Waals surface area contributed by atoms with E-state index in [9.17, 15) is 0 Å². The van der Waals surface area contributed by atoms with Gasteiger partial charge in [-0.05, 0) is 24.1 Å². The van der Waals surface area contributed by atoms with Crippen LogP contribution in [-0.4, -0.2) is 7.11 Å². The fourth-order valence-corrected chi connectivity index (χ4v) is 2.01. The highest BCUT2D eigenvalue weighted by atomic mass is 35.5. The topological polar surface area (TPSA) is 9.23 Å². The monoisotopic (exact) mass is 232 g/mol. The molecule has 0 bridgehead atoms. The van der Waals surface area contributed by atoms with E-state index in [0.717, 1.165) is 18.4 Å². The number of aryl methyl sites for hydroxylation is 1. The number of benzene rings is 1. The third-order valence-electron chi connectivity index (χ3n) is 2.03. The van der Waals surface area contributed by atoms with Gasteiger partial charge in [-0.15, -0.1) is 0 Å². The molecule has 0 fully saturated rings. The number of rotatable bonds is 4. The predicted octanol–water partition coefficient (Wildman–Crippen LogP) is 4.09. The van der Waals surface area contributed by atoms with E-state index in [4.69, 9.17) is 27.9 Å². The molecule has 3 heteroatoms. The van der Waals surface area contributed by atoms with Crippen molar-refractivity contribution in [2.24, 2.45) is 0 Å². The van der Waals surface area contributed by atoms with Crippen molar-refractivity contribution in [3.8, 4) is 0 Å². The van der Waals surface area contributed by atoms with E-state index < -0.39 is 0 Å². The SMILES string of the molecule is CCCc1cc(Cl)c(COC)c(Cl)c1. The van der Waals surface area contributed by atoms with Gasteiger partial charge in [0.1, 0.15) is 0 Å². The third-order valence-corrected chi connectivity index (χ3v) is 2.70. The van der Waals surface area contributed by atoms with Crippen LogP contribution >= 0.6 is 23.2 Å². The normalized spacial score (nSPS) is 10.6. The van der Waals surface area contributed by atoms with Crippen LogP contribution in [-0.2, 0) is 17.8 Å². The summed E-state index contributed by atoms with van der Waals surface area (Å²) >= 11 is 12.2. The summed E-state index contributed by atoms with van der Waals surface area (Å²) in [5.41, 5.74) is 2.05. The number of halogens is 2. The number of methoxy groups -OCH3 is 1. The van der Waals surface area contributed by atoms with Gasteiger partial charge in [0.15, 0.2) is 0 Å². The molecule has 0 saturated carbocycles. The Balaban J connectivity index is 2.98. The summed E-state index contributed by atoms with van der Waals surface area (Å²) in [5.74, 6) is 0. The van der Waals surface area contributed by atoms with Gasteiger partial charge in [0, 0.05) is 22.7 Å². The van der Waals surface area contributed by atoms with Crippen molar-refractivity contribution in [3.05, 3.63) is 33.3 Å². The molecule has 14 heavy (non-hydrogen) atoms. The van der Waals surface area contributed by atoms with Gasteiger partial charge in [-0.1, -0.05) is 36.5 Å². The largest absolute Gasteiger partial charge is 0.380 e. The molecule has 0 amide bonds. The Bertz CT molecular complexity index is 287. The Morgan fingerprint density at radius 2 is 1.79 bits per heavy atom. The van der Waals surface area contributed by atoms with Gasteiger partial charge in [0.2, 0.25) is 0 Å². The zero-order valence-corrected chi connectivity index (χ0v) is 9.95. The lowest BCUT2D eigenvalue weighted by Crippen LogP contribution is -1.93. The summed E-state index contributed by atoms with van der Waals surface area (Å²) in [5, 5.41) is 1.39. The van der Waals surface area contributed by atoms with Crippen molar-refractivity contribution in [3.63, 3.8) is 0 Å². The summed E-state index contributed by atoms with van der Waals surface area (Å²) in [6.45, 7) is 2.59. The Morgan fingerprint density at radius 3 is 2.21 bits per heavy atom. The first-order valence-electron chi connectivity index (χ1n) is 4.64. The maximum Gasteiger partial charge on any atom is 0.0742 e. The zero-order chi connectivity index (χ0) is 10.6. The first-order valence-corrected chi connectivity index (χ1v) is 5.40. The van der Waals surface area contributed by atoms with Crippen molar-refractivity contribution >= 4 is 23.2 Å². The van der Waals surface area contributed by atoms with Crippen LogP contribution in [0.25, 0.3) is 0 Å². The molecule has 0 aromatic heterocycles. The maximum absolute atomic E-state index is 6.08. The van der Waals surface area contributed by atoms with Crippen molar-refractivity contribution < 1.29 is 4.74 Å². The van der Waals surface area contributed by atoms with Gasteiger partial charge in [-0.2, -0.15) is 0 Å². The van der Waals surface area contributed by atoms with Crippen LogP contribution in [0.15, 0.2) is 12.1 Å². The van der Waals surface area contributed by atoms with Crippen LogP contribution in [0.3, 0.4) is 0 Å². The quantitative estimate of drug-likeness (QED) is 0.760. The highest BCUT2D eigenvalue weighted by molar-refractivity contribution is 6.36. The molecule has 0 radical (unpaired) electrons. The van der Waals surface area contributed by atoms with E-state index >= 15 is 0 Å². The van der Waals surface area contributed by atoms with Gasteiger partial charge in [-0.25, -0.2) is 0 Å². The van der Waals surface area contributed by atoms with Gasteiger partial charge in [-0.3, -0.25) is 0 Å². The minimum atomic E-state index is 0.462. The molecule has 0 unspecified atom stereocenters. The third kappa shape index (κ3) is 2.88. The van der Waals surface area contributed by atoms with Gasteiger partial charge < -0.3 is 4.74 Å². The summed E-state index contributed by atoms with van der Waals surface area (Å²) in [7, 11) is 1.63. The van der Waals surface area contributed by atoms with Crippen LogP contribution in [0.1, 0.15) is 24.5 Å². The molecule has 78 valence electrons. The standard InChI is InChI=1S/C11H14Cl2O/c1-3-4-8-5-10(12)9(7-14-2)11(13)6-8/h5-6H,3-4,7H2,1-2H3. The van der Waals surface area contributed by atoms with Crippen LogP contribution < -0.4 is 0 Å². The fourth-order valence-electron chi connectivity index (χ4n) is 1.37. The van der Waals surface area contributed by atoms with E-state index in [1.807, 2.05) is 12.1 Å². The second-order valence-corrected chi connectivity index (χ2v) is 4.04. The highest BCUT2D eigenvalue weighted by Crippen LogP contribution is 2.27. The highest BCUT2D eigenvalue weighted by Gasteiger charge is 2.07. The lowest BCUT2D eigenvalue weighted by molar-refractivity contribution is 0.185. The Morgan fingerprint density at radius 1 is 1.21 bits per heavy atom. The average Bonchev–Trinajstić information content (AvgIpc) is 2.12. The molecule has 0 spiro atoms. The lowest BCUT2D eigenvalue weighted by atomic mass is 10.1. The molecule has 0 aliphatic carbocycles. The van der Waals surface area contributed by atoms with Crippen molar-refractivity contribution in [2.45, 2.75) is 26.4 Å². The molecular formula is C11H14Cl2O. The summed E-state index contributed by atoms with van der Waals surface area (Å²) in [6, 6.07) is 3.93. The van der Waals surface area contributed by atoms with Gasteiger partial charge >= 0.3 is 0 Å². The lowest BCUT2D eigenvalue weighted by Gasteiger charge is -2.08. The van der Waals surface area contributed by atoms with E-state index in [2.05, 4.69) is 6.92 Å². The zero-order valence-electron chi connectivity index (χ0n) is 8.44. The smallest absolute Gasteiger partial charge is 0.0742 e. The second-order valence-electron chi connectivity index (χ2n) is 3.22. The van der Waals surface area contributed by atoms with Crippen LogP contribution in [0, 0.1) is 0 Å². The average molecular weight is 233 g/mol. The molecule has 0 saturated heterocycles. The molecule has 0 aliphatic rings. The van der Waals surface area contributed by atoms with Crippen LogP contribution in [0.2, 0.25) is 10.0 Å². The molecule has 1 nitrogen and oxygen atoms in total. The number of hydrogen-bond acceptors (Lipinski definition) is 1. The molecule has 0 heterocycles. The summed E-state index contributed by atoms with van der Waals surface area (Å²) in [6.07, 6.45) is 2.10. The van der Waals surface area contributed by atoms with Crippen molar-refractivity contribution in [1.29, 1.82) is 0 Å². The van der Waals surface area contributed by atoms with Crippen molar-refractivity contribution in [1.82, 2.24) is 0 Å². The maximum atomic E-state index is 6.08. The predicted molar refractivity (Wildman–Crippen MR) is 61.2 cm³/mol. The molecule has 1 aromatic rings. The molecule has 0 N–H and O–H groups in total. The summed E-state index contributed by atoms with van der Waals surface area (Å²) < 4.78 is 5.02. The Hall–Kier alpha value is -0.240. The van der Waals surface area contributed by atoms with Crippen LogP contribution in [0.4, 0.5) is 0 Å². The summed E-state index contributed by atoms with van der Waals surface area (Å²) in [4.78, 5) is 0. The van der Waals surface area contributed by atoms with E-state index in [1.54, 1.807) is 7.11 Å². The first-order chi connectivity index (χ1) is 6.69. The molecule has 1 rings (SSSR count). The van der Waals surface area contributed by atoms with Gasteiger partial charge in [0.05, 0.1) is 6.61 Å². The van der Waals surface area contributed by atoms with E-state index in [0.29, 0.717) is 16.7 Å². The minimum absolute atomic E-state index is 0.462. The Labute approximate surface area is 95.0 Å². The minimum Gasteiger partial charge on any atom is -0.380 e. The molecular weight excluding hydrogens is 219 g/mol. The van der Waals surface area contributed by atoms with Gasteiger partial charge in [0.25, 0.3) is 0 Å².